The van der Waals surface area contributed by atoms with Crippen molar-refractivity contribution in [2.24, 2.45) is 0 Å². The smallest absolute Gasteiger partial charge is 0.249 e. The Kier molecular flexibility index (Phi) is 9.32. The number of carbonyl (C=O) groups is 1. The van der Waals surface area contributed by atoms with Crippen LogP contribution in [0.25, 0.3) is 0 Å². The van der Waals surface area contributed by atoms with Crippen molar-refractivity contribution in [2.45, 2.75) is 51.2 Å². The van der Waals surface area contributed by atoms with Crippen molar-refractivity contribution in [1.82, 2.24) is 10.6 Å². The second kappa shape index (κ2) is 10.7. The maximum Gasteiger partial charge on any atom is 0.249 e. The van der Waals surface area contributed by atoms with Gasteiger partial charge in [0.15, 0.2) is 11.6 Å². The Labute approximate surface area is 154 Å². The molecule has 142 valence electrons. The van der Waals surface area contributed by atoms with E-state index in [4.69, 9.17) is 4.74 Å². The standard InChI is InChI=1S/C18H26F2N2O2.ClH/c1-3-4-9-24-12(2)18(23)22-17-11-21-8-7-14(17)13-5-6-15(19)16(20)10-13;/h5-6,10,12,14,17,21H,3-4,7-9,11H2,1-2H3,(H,22,23);1H. The summed E-state index contributed by atoms with van der Waals surface area (Å²) in [5.74, 6) is -1.93. The van der Waals surface area contributed by atoms with E-state index in [1.54, 1.807) is 13.0 Å². The van der Waals surface area contributed by atoms with Gasteiger partial charge in [0.05, 0.1) is 0 Å². The first kappa shape index (κ1) is 21.8. The average molecular weight is 377 g/mol. The number of amides is 1. The summed E-state index contributed by atoms with van der Waals surface area (Å²) >= 11 is 0. The molecule has 1 aromatic rings. The molecule has 1 heterocycles. The molecule has 1 aliphatic rings. The van der Waals surface area contributed by atoms with E-state index in [9.17, 15) is 13.6 Å². The van der Waals surface area contributed by atoms with Crippen LogP contribution in [0.15, 0.2) is 18.2 Å². The second-order valence-electron chi connectivity index (χ2n) is 6.25. The van der Waals surface area contributed by atoms with Crippen molar-refractivity contribution in [3.8, 4) is 0 Å². The highest BCUT2D eigenvalue weighted by Crippen LogP contribution is 2.27. The van der Waals surface area contributed by atoms with E-state index in [-0.39, 0.29) is 30.3 Å². The number of rotatable bonds is 7. The summed E-state index contributed by atoms with van der Waals surface area (Å²) in [6.45, 7) is 5.72. The molecule has 0 spiro atoms. The lowest BCUT2D eigenvalue weighted by molar-refractivity contribution is -0.132. The van der Waals surface area contributed by atoms with Gasteiger partial charge in [-0.05, 0) is 44.0 Å². The first-order valence-corrected chi connectivity index (χ1v) is 8.60. The average Bonchev–Trinajstić information content (AvgIpc) is 2.58. The number of benzene rings is 1. The van der Waals surface area contributed by atoms with Crippen molar-refractivity contribution in [3.63, 3.8) is 0 Å². The van der Waals surface area contributed by atoms with Crippen LogP contribution < -0.4 is 10.6 Å². The van der Waals surface area contributed by atoms with Gasteiger partial charge in [0, 0.05) is 25.1 Å². The van der Waals surface area contributed by atoms with Crippen molar-refractivity contribution in [3.05, 3.63) is 35.4 Å². The summed E-state index contributed by atoms with van der Waals surface area (Å²) < 4.78 is 32.2. The third-order valence-corrected chi connectivity index (χ3v) is 4.42. The Bertz CT molecular complexity index is 560. The zero-order chi connectivity index (χ0) is 17.5. The molecule has 1 saturated heterocycles. The predicted molar refractivity (Wildman–Crippen MR) is 96.1 cm³/mol. The molecule has 2 N–H and O–H groups in total. The summed E-state index contributed by atoms with van der Waals surface area (Å²) in [4.78, 5) is 12.3. The lowest BCUT2D eigenvalue weighted by Gasteiger charge is -2.34. The highest BCUT2D eigenvalue weighted by molar-refractivity contribution is 5.85. The summed E-state index contributed by atoms with van der Waals surface area (Å²) in [5.41, 5.74) is 0.709. The molecule has 3 unspecified atom stereocenters. The lowest BCUT2D eigenvalue weighted by Crippen LogP contribution is -2.52. The van der Waals surface area contributed by atoms with Crippen molar-refractivity contribution in [1.29, 1.82) is 0 Å². The molecule has 25 heavy (non-hydrogen) atoms. The Morgan fingerprint density at radius 1 is 1.40 bits per heavy atom. The Balaban J connectivity index is 0.00000312. The van der Waals surface area contributed by atoms with Gasteiger partial charge in [-0.25, -0.2) is 8.78 Å². The molecule has 1 aromatic carbocycles. The minimum absolute atomic E-state index is 0. The summed E-state index contributed by atoms with van der Waals surface area (Å²) in [5, 5.41) is 6.22. The van der Waals surface area contributed by atoms with Crippen LogP contribution >= 0.6 is 12.4 Å². The second-order valence-corrected chi connectivity index (χ2v) is 6.25. The first-order chi connectivity index (χ1) is 11.5. The van der Waals surface area contributed by atoms with Gasteiger partial charge in [-0.2, -0.15) is 0 Å². The van der Waals surface area contributed by atoms with E-state index >= 15 is 0 Å². The van der Waals surface area contributed by atoms with Crippen LogP contribution in [0.1, 0.15) is 44.6 Å². The van der Waals surface area contributed by atoms with Crippen LogP contribution in [0.5, 0.6) is 0 Å². The molecule has 0 aliphatic carbocycles. The number of hydrogen-bond donors (Lipinski definition) is 2. The van der Waals surface area contributed by atoms with E-state index in [1.165, 1.54) is 6.07 Å². The van der Waals surface area contributed by atoms with E-state index in [1.807, 2.05) is 0 Å². The minimum atomic E-state index is -0.855. The molecular formula is C18H27ClF2N2O2. The van der Waals surface area contributed by atoms with Gasteiger partial charge in [0.1, 0.15) is 6.10 Å². The minimum Gasteiger partial charge on any atom is -0.369 e. The molecule has 0 aromatic heterocycles. The van der Waals surface area contributed by atoms with Crippen LogP contribution in [-0.2, 0) is 9.53 Å². The zero-order valence-electron chi connectivity index (χ0n) is 14.7. The monoisotopic (exact) mass is 376 g/mol. The predicted octanol–water partition coefficient (Wildman–Crippen LogP) is 3.15. The van der Waals surface area contributed by atoms with Gasteiger partial charge in [-0.15, -0.1) is 12.4 Å². The number of hydrogen-bond acceptors (Lipinski definition) is 3. The summed E-state index contributed by atoms with van der Waals surface area (Å²) in [6, 6.07) is 3.79. The SMILES string of the molecule is CCCCOC(C)C(=O)NC1CNCCC1c1ccc(F)c(F)c1.Cl. The molecule has 1 amide bonds. The number of halogens is 3. The number of carbonyl (C=O) groups excluding carboxylic acids is 1. The topological polar surface area (TPSA) is 50.4 Å². The van der Waals surface area contributed by atoms with E-state index < -0.39 is 17.7 Å². The number of ether oxygens (including phenoxy) is 1. The molecule has 1 aliphatic heterocycles. The molecular weight excluding hydrogens is 350 g/mol. The van der Waals surface area contributed by atoms with Gasteiger partial charge in [0.2, 0.25) is 5.91 Å². The fourth-order valence-electron chi connectivity index (χ4n) is 2.93. The molecule has 1 fully saturated rings. The molecule has 0 radical (unpaired) electrons. The third-order valence-electron chi connectivity index (χ3n) is 4.42. The normalized spacial score (nSPS) is 21.3. The van der Waals surface area contributed by atoms with E-state index in [0.29, 0.717) is 18.7 Å². The maximum atomic E-state index is 13.5. The van der Waals surface area contributed by atoms with Gasteiger partial charge < -0.3 is 15.4 Å². The molecule has 0 saturated carbocycles. The quantitative estimate of drug-likeness (QED) is 0.719. The van der Waals surface area contributed by atoms with Crippen LogP contribution in [0.2, 0.25) is 0 Å². The molecule has 4 nitrogen and oxygen atoms in total. The third kappa shape index (κ3) is 6.20. The zero-order valence-corrected chi connectivity index (χ0v) is 15.5. The fraction of sp³-hybridized carbons (Fsp3) is 0.611. The Morgan fingerprint density at radius 2 is 2.16 bits per heavy atom. The Morgan fingerprint density at radius 3 is 2.84 bits per heavy atom. The van der Waals surface area contributed by atoms with Crippen molar-refractivity contribution in [2.75, 3.05) is 19.7 Å². The van der Waals surface area contributed by atoms with E-state index in [2.05, 4.69) is 17.6 Å². The summed E-state index contributed by atoms with van der Waals surface area (Å²) in [6.07, 6.45) is 2.16. The van der Waals surface area contributed by atoms with Crippen LogP contribution in [0, 0.1) is 11.6 Å². The molecule has 2 rings (SSSR count). The molecule has 0 bridgehead atoms. The maximum absolute atomic E-state index is 13.5. The van der Waals surface area contributed by atoms with Gasteiger partial charge >= 0.3 is 0 Å². The van der Waals surface area contributed by atoms with Gasteiger partial charge in [-0.1, -0.05) is 19.4 Å². The first-order valence-electron chi connectivity index (χ1n) is 8.60. The van der Waals surface area contributed by atoms with Crippen molar-refractivity contribution < 1.29 is 18.3 Å². The van der Waals surface area contributed by atoms with Gasteiger partial charge in [-0.3, -0.25) is 4.79 Å². The summed E-state index contributed by atoms with van der Waals surface area (Å²) in [7, 11) is 0. The molecule has 3 atom stereocenters. The largest absolute Gasteiger partial charge is 0.369 e. The fourth-order valence-corrected chi connectivity index (χ4v) is 2.93. The van der Waals surface area contributed by atoms with Crippen LogP contribution in [0.3, 0.4) is 0 Å². The number of piperidine rings is 1. The van der Waals surface area contributed by atoms with Gasteiger partial charge in [0.25, 0.3) is 0 Å². The van der Waals surface area contributed by atoms with Crippen molar-refractivity contribution >= 4 is 18.3 Å². The molecule has 7 heteroatoms. The number of nitrogens with one attached hydrogen (secondary N) is 2. The van der Waals surface area contributed by atoms with Crippen LogP contribution in [0.4, 0.5) is 8.78 Å². The van der Waals surface area contributed by atoms with E-state index in [0.717, 1.165) is 31.9 Å². The highest BCUT2D eigenvalue weighted by Gasteiger charge is 2.29. The highest BCUT2D eigenvalue weighted by atomic mass is 35.5. The lowest BCUT2D eigenvalue weighted by atomic mass is 9.86. The Hall–Kier alpha value is -1.24. The van der Waals surface area contributed by atoms with Crippen LogP contribution in [-0.4, -0.2) is 37.7 Å². The number of unbranched alkanes of at least 4 members (excludes halogenated alkanes) is 1.